The summed E-state index contributed by atoms with van der Waals surface area (Å²) >= 11 is 11.2. The lowest BCUT2D eigenvalue weighted by atomic mass is 10.2. The van der Waals surface area contributed by atoms with Crippen LogP contribution in [0.3, 0.4) is 0 Å². The molecule has 0 amide bonds. The molecule has 0 fully saturated rings. The van der Waals surface area contributed by atoms with Crippen molar-refractivity contribution in [2.45, 2.75) is 0 Å². The third kappa shape index (κ3) is 2.71. The van der Waals surface area contributed by atoms with Gasteiger partial charge in [-0.15, -0.1) is 0 Å². The predicted molar refractivity (Wildman–Crippen MR) is 82.4 cm³/mol. The van der Waals surface area contributed by atoms with Crippen LogP contribution < -0.4 is 5.43 Å². The van der Waals surface area contributed by atoms with E-state index >= 15 is 0 Å². The molecular weight excluding hydrogens is 349 g/mol. The molecule has 0 aliphatic heterocycles. The fourth-order valence-electron chi connectivity index (χ4n) is 2.19. The number of carbonyl (C=O) groups is 1. The first-order valence-electron chi connectivity index (χ1n) is 6.24. The fourth-order valence-corrected chi connectivity index (χ4v) is 2.48. The zero-order chi connectivity index (χ0) is 16.7. The summed E-state index contributed by atoms with van der Waals surface area (Å²) in [7, 11) is 0. The number of fused-ring (bicyclic) bond motifs is 1. The molecule has 0 radical (unpaired) electrons. The van der Waals surface area contributed by atoms with Gasteiger partial charge in [-0.25, -0.2) is 13.8 Å². The Morgan fingerprint density at radius 3 is 2.61 bits per heavy atom. The first kappa shape index (κ1) is 15.6. The zero-order valence-corrected chi connectivity index (χ0v) is 12.7. The van der Waals surface area contributed by atoms with Crippen molar-refractivity contribution in [2.75, 3.05) is 0 Å². The second-order valence-corrected chi connectivity index (χ2v) is 5.42. The van der Waals surface area contributed by atoms with Gasteiger partial charge in [-0.05, 0) is 29.8 Å². The minimum Gasteiger partial charge on any atom is -0.297 e. The Balaban J connectivity index is 2.47. The molecule has 0 bridgehead atoms. The maximum atomic E-state index is 14.1. The van der Waals surface area contributed by atoms with Gasteiger partial charge in [0.2, 0.25) is 5.43 Å². The second kappa shape index (κ2) is 5.72. The van der Waals surface area contributed by atoms with Gasteiger partial charge < -0.3 is 0 Å². The smallest absolute Gasteiger partial charge is 0.257 e. The van der Waals surface area contributed by atoms with Crippen LogP contribution in [-0.2, 0) is 0 Å². The van der Waals surface area contributed by atoms with E-state index in [0.29, 0.717) is 6.07 Å². The number of halogens is 4. The number of hydrogen-bond donors (Lipinski definition) is 0. The van der Waals surface area contributed by atoms with Crippen LogP contribution in [0.4, 0.5) is 8.78 Å². The number of carbonyl (C=O) groups excluding carboxylic acids is 1. The Morgan fingerprint density at radius 1 is 1.22 bits per heavy atom. The van der Waals surface area contributed by atoms with Crippen molar-refractivity contribution in [1.82, 2.24) is 9.55 Å². The summed E-state index contributed by atoms with van der Waals surface area (Å²) in [5, 5.41) is -0.847. The molecule has 23 heavy (non-hydrogen) atoms. The van der Waals surface area contributed by atoms with E-state index in [-0.39, 0.29) is 27.3 Å². The lowest BCUT2D eigenvalue weighted by molar-refractivity contribution is 0.108. The third-order valence-corrected chi connectivity index (χ3v) is 3.60. The van der Waals surface area contributed by atoms with E-state index in [1.165, 1.54) is 12.3 Å². The summed E-state index contributed by atoms with van der Waals surface area (Å²) < 4.78 is 28.3. The van der Waals surface area contributed by atoms with Crippen molar-refractivity contribution in [3.05, 3.63) is 69.1 Å². The van der Waals surface area contributed by atoms with Gasteiger partial charge in [-0.3, -0.25) is 14.2 Å². The summed E-state index contributed by atoms with van der Waals surface area (Å²) in [5.41, 5.74) is -1.07. The van der Waals surface area contributed by atoms with Crippen molar-refractivity contribution in [1.29, 1.82) is 0 Å². The topological polar surface area (TPSA) is 52.0 Å². The largest absolute Gasteiger partial charge is 0.297 e. The maximum Gasteiger partial charge on any atom is 0.257 e. The maximum absolute atomic E-state index is 14.1. The highest BCUT2D eigenvalue weighted by Gasteiger charge is 2.17. The van der Waals surface area contributed by atoms with Crippen LogP contribution in [-0.4, -0.2) is 14.8 Å². The number of hydrogen-bond acceptors (Lipinski definition) is 3. The normalized spacial score (nSPS) is 11.0. The molecule has 1 aromatic carbocycles. The Morgan fingerprint density at radius 2 is 1.96 bits per heavy atom. The molecule has 2 heterocycles. The van der Waals surface area contributed by atoms with Gasteiger partial charge in [0.15, 0.2) is 0 Å². The van der Waals surface area contributed by atoms with Crippen molar-refractivity contribution in [2.24, 2.45) is 0 Å². The molecule has 116 valence electrons. The number of pyridine rings is 2. The summed E-state index contributed by atoms with van der Waals surface area (Å²) in [5.74, 6) is -1.65. The van der Waals surface area contributed by atoms with E-state index < -0.39 is 22.3 Å². The molecular formula is C15H6Cl2F2N2O2. The highest BCUT2D eigenvalue weighted by atomic mass is 35.5. The standard InChI is InChI=1S/C15H6Cl2F2N2O2/c16-7-3-9-13(22)10(14(17)23)6-21(15(9)20-5-7)12-2-1-8(18)4-11(12)19/h1-6H. The first-order chi connectivity index (χ1) is 10.9. The lowest BCUT2D eigenvalue weighted by Gasteiger charge is -2.12. The van der Waals surface area contributed by atoms with Gasteiger partial charge in [0.1, 0.15) is 17.3 Å². The summed E-state index contributed by atoms with van der Waals surface area (Å²) in [6, 6.07) is 4.18. The summed E-state index contributed by atoms with van der Waals surface area (Å²) in [6.45, 7) is 0. The monoisotopic (exact) mass is 354 g/mol. The minimum atomic E-state index is -1.01. The van der Waals surface area contributed by atoms with E-state index in [4.69, 9.17) is 23.2 Å². The molecule has 3 rings (SSSR count). The molecule has 0 unspecified atom stereocenters. The number of rotatable bonds is 2. The van der Waals surface area contributed by atoms with Crippen LogP contribution in [0.25, 0.3) is 16.7 Å². The number of benzene rings is 1. The van der Waals surface area contributed by atoms with E-state index in [1.807, 2.05) is 0 Å². The van der Waals surface area contributed by atoms with Crippen molar-refractivity contribution in [3.8, 4) is 5.69 Å². The van der Waals surface area contributed by atoms with Crippen LogP contribution in [0.15, 0.2) is 41.5 Å². The average molecular weight is 355 g/mol. The van der Waals surface area contributed by atoms with Crippen molar-refractivity contribution >= 4 is 39.5 Å². The van der Waals surface area contributed by atoms with E-state index in [0.717, 1.165) is 22.9 Å². The van der Waals surface area contributed by atoms with Crippen molar-refractivity contribution < 1.29 is 13.6 Å². The highest BCUT2D eigenvalue weighted by molar-refractivity contribution is 6.67. The van der Waals surface area contributed by atoms with Crippen LogP contribution in [0, 0.1) is 11.6 Å². The second-order valence-electron chi connectivity index (χ2n) is 4.64. The van der Waals surface area contributed by atoms with Crippen LogP contribution in [0.1, 0.15) is 10.4 Å². The molecule has 0 aliphatic rings. The Labute approximate surface area is 137 Å². The fraction of sp³-hybridized carbons (Fsp3) is 0. The minimum absolute atomic E-state index is 0.00674. The Bertz CT molecular complexity index is 1020. The quantitative estimate of drug-likeness (QED) is 0.659. The van der Waals surface area contributed by atoms with Crippen molar-refractivity contribution in [3.63, 3.8) is 0 Å². The van der Waals surface area contributed by atoms with E-state index in [9.17, 15) is 18.4 Å². The third-order valence-electron chi connectivity index (χ3n) is 3.19. The SMILES string of the molecule is O=C(Cl)c1cn(-c2ccc(F)cc2F)c2ncc(Cl)cc2c1=O. The molecule has 0 aliphatic carbocycles. The molecule has 0 atom stereocenters. The highest BCUT2D eigenvalue weighted by Crippen LogP contribution is 2.21. The molecule has 3 aromatic rings. The van der Waals surface area contributed by atoms with Gasteiger partial charge in [-0.1, -0.05) is 11.6 Å². The summed E-state index contributed by atoms with van der Waals surface area (Å²) in [4.78, 5) is 27.7. The van der Waals surface area contributed by atoms with E-state index in [1.54, 1.807) is 0 Å². The van der Waals surface area contributed by atoms with Gasteiger partial charge in [0.25, 0.3) is 5.24 Å². The van der Waals surface area contributed by atoms with E-state index in [2.05, 4.69) is 4.98 Å². The summed E-state index contributed by atoms with van der Waals surface area (Å²) in [6.07, 6.45) is 2.33. The Kier molecular flexibility index (Phi) is 3.87. The van der Waals surface area contributed by atoms with Gasteiger partial charge >= 0.3 is 0 Å². The number of nitrogens with zero attached hydrogens (tertiary/aromatic N) is 2. The average Bonchev–Trinajstić information content (AvgIpc) is 2.48. The van der Waals surface area contributed by atoms with Gasteiger partial charge in [0, 0.05) is 18.5 Å². The van der Waals surface area contributed by atoms with Gasteiger partial charge in [-0.2, -0.15) is 0 Å². The Hall–Kier alpha value is -2.31. The lowest BCUT2D eigenvalue weighted by Crippen LogP contribution is -2.17. The molecule has 0 N–H and O–H groups in total. The first-order valence-corrected chi connectivity index (χ1v) is 7.00. The molecule has 8 heteroatoms. The van der Waals surface area contributed by atoms with Crippen LogP contribution >= 0.6 is 23.2 Å². The van der Waals surface area contributed by atoms with Gasteiger partial charge in [0.05, 0.1) is 21.7 Å². The molecule has 0 saturated heterocycles. The predicted octanol–water partition coefficient (Wildman–Crippen LogP) is 3.70. The molecule has 0 spiro atoms. The molecule has 2 aromatic heterocycles. The zero-order valence-electron chi connectivity index (χ0n) is 11.2. The molecule has 0 saturated carbocycles. The molecule has 4 nitrogen and oxygen atoms in total. The number of aromatic nitrogens is 2. The van der Waals surface area contributed by atoms with Crippen LogP contribution in [0.5, 0.6) is 0 Å². The van der Waals surface area contributed by atoms with Crippen LogP contribution in [0.2, 0.25) is 5.02 Å².